The van der Waals surface area contributed by atoms with Gasteiger partial charge in [-0.3, -0.25) is 9.59 Å². The number of nitrogens with zero attached hydrogens (tertiary/aromatic N) is 1. The lowest BCUT2D eigenvalue weighted by Gasteiger charge is -2.17. The number of anilines is 2. The van der Waals surface area contributed by atoms with Gasteiger partial charge < -0.3 is 20.8 Å². The van der Waals surface area contributed by atoms with E-state index in [-0.39, 0.29) is 17.0 Å². The molecule has 0 aliphatic heterocycles. The summed E-state index contributed by atoms with van der Waals surface area (Å²) in [6, 6.07) is 24.3. The lowest BCUT2D eigenvalue weighted by molar-refractivity contribution is -0.115. The van der Waals surface area contributed by atoms with Crippen LogP contribution in [0.1, 0.15) is 41.9 Å². The molecule has 0 saturated carbocycles. The quantitative estimate of drug-likeness (QED) is 0.108. The maximum atomic E-state index is 13.6. The van der Waals surface area contributed by atoms with Crippen molar-refractivity contribution >= 4 is 80.9 Å². The Morgan fingerprint density at radius 3 is 2.27 bits per heavy atom. The summed E-state index contributed by atoms with van der Waals surface area (Å²) in [6.45, 7) is 0. The minimum absolute atomic E-state index is 0.198. The third-order valence-corrected chi connectivity index (χ3v) is 9.12. The molecule has 1 aromatic heterocycles. The number of nitrogens with one attached hydrogen (secondary N) is 2. The van der Waals surface area contributed by atoms with Gasteiger partial charge in [0.15, 0.2) is 5.13 Å². The third kappa shape index (κ3) is 7.70. The van der Waals surface area contributed by atoms with Gasteiger partial charge in [-0.15, -0.1) is 23.1 Å². The second-order valence-corrected chi connectivity index (χ2v) is 12.3. The minimum Gasteiger partial charge on any atom is -0.478 e. The summed E-state index contributed by atoms with van der Waals surface area (Å²) in [6.07, 6.45) is 0. The van der Waals surface area contributed by atoms with Crippen molar-refractivity contribution in [3.8, 4) is 11.3 Å². The van der Waals surface area contributed by atoms with Crippen LogP contribution in [0.25, 0.3) is 11.3 Å². The van der Waals surface area contributed by atoms with Gasteiger partial charge in [-0.1, -0.05) is 65.7 Å². The second-order valence-electron chi connectivity index (χ2n) is 9.42. The number of aromatic carboxylic acids is 2. The standard InChI is InChI=1S/C32H21Cl2N3O6S2/c33-24-12-10-18(14-25(24)34)26-16-44-32(36-26)37-29(39)27(17-5-2-1-3-6-17)45-21-8-4-7-20(15-21)35-28(38)22-11-9-19(30(40)41)13-23(22)31(42)43/h1-16,27H,(H,35,38)(H,40,41)(H,42,43)(H,36,37,39). The van der Waals surface area contributed by atoms with Gasteiger partial charge in [-0.2, -0.15) is 0 Å². The van der Waals surface area contributed by atoms with Gasteiger partial charge >= 0.3 is 11.9 Å². The van der Waals surface area contributed by atoms with Gasteiger partial charge in [-0.05, 0) is 54.1 Å². The maximum absolute atomic E-state index is 13.6. The molecule has 4 N–H and O–H groups in total. The summed E-state index contributed by atoms with van der Waals surface area (Å²) < 4.78 is 0. The molecule has 1 atom stereocenters. The fraction of sp³-hybridized carbons (Fsp3) is 0.0312. The molecule has 1 heterocycles. The number of thioether (sulfide) groups is 1. The summed E-state index contributed by atoms with van der Waals surface area (Å²) in [7, 11) is 0. The van der Waals surface area contributed by atoms with Crippen LogP contribution in [0.15, 0.2) is 101 Å². The monoisotopic (exact) mass is 677 g/mol. The number of carboxylic acid groups (broad SMARTS) is 2. The molecule has 13 heteroatoms. The van der Waals surface area contributed by atoms with Crippen molar-refractivity contribution in [2.45, 2.75) is 10.1 Å². The van der Waals surface area contributed by atoms with Crippen LogP contribution in [0.2, 0.25) is 10.0 Å². The van der Waals surface area contributed by atoms with Crippen LogP contribution in [0, 0.1) is 0 Å². The Hall–Kier alpha value is -4.68. The van der Waals surface area contributed by atoms with E-state index in [1.165, 1.54) is 23.1 Å². The molecule has 2 amide bonds. The van der Waals surface area contributed by atoms with Crippen molar-refractivity contribution in [2.24, 2.45) is 0 Å². The van der Waals surface area contributed by atoms with Crippen molar-refractivity contribution in [2.75, 3.05) is 10.6 Å². The van der Waals surface area contributed by atoms with Gasteiger partial charge in [0.25, 0.3) is 5.91 Å². The zero-order valence-corrected chi connectivity index (χ0v) is 26.0. The van der Waals surface area contributed by atoms with Gasteiger partial charge in [0.05, 0.1) is 32.4 Å². The predicted octanol–water partition coefficient (Wildman–Crippen LogP) is 8.24. The number of benzene rings is 4. The molecular weight excluding hydrogens is 657 g/mol. The van der Waals surface area contributed by atoms with E-state index in [1.54, 1.807) is 47.8 Å². The van der Waals surface area contributed by atoms with Crippen molar-refractivity contribution in [1.82, 2.24) is 4.98 Å². The highest BCUT2D eigenvalue weighted by molar-refractivity contribution is 8.00. The van der Waals surface area contributed by atoms with Gasteiger partial charge in [-0.25, -0.2) is 14.6 Å². The van der Waals surface area contributed by atoms with Crippen LogP contribution in [0.5, 0.6) is 0 Å². The highest BCUT2D eigenvalue weighted by atomic mass is 35.5. The molecule has 5 rings (SSSR count). The van der Waals surface area contributed by atoms with E-state index < -0.39 is 28.7 Å². The number of carbonyl (C=O) groups is 4. The Balaban J connectivity index is 1.35. The van der Waals surface area contributed by atoms with E-state index in [1.807, 2.05) is 30.3 Å². The number of hydrogen-bond acceptors (Lipinski definition) is 7. The molecule has 5 aromatic rings. The van der Waals surface area contributed by atoms with E-state index in [0.717, 1.165) is 29.3 Å². The van der Waals surface area contributed by atoms with Gasteiger partial charge in [0.1, 0.15) is 5.25 Å². The number of thiazole rings is 1. The Bertz CT molecular complexity index is 1930. The van der Waals surface area contributed by atoms with Crippen molar-refractivity contribution in [3.05, 3.63) is 129 Å². The average molecular weight is 679 g/mol. The van der Waals surface area contributed by atoms with E-state index in [2.05, 4.69) is 15.6 Å². The number of hydrogen-bond donors (Lipinski definition) is 4. The smallest absolute Gasteiger partial charge is 0.336 e. The summed E-state index contributed by atoms with van der Waals surface area (Å²) in [4.78, 5) is 54.8. The number of halogens is 2. The molecule has 0 spiro atoms. The van der Waals surface area contributed by atoms with Crippen molar-refractivity contribution in [1.29, 1.82) is 0 Å². The molecule has 0 aliphatic rings. The molecular formula is C32H21Cl2N3O6S2. The molecule has 0 radical (unpaired) electrons. The highest BCUT2D eigenvalue weighted by Gasteiger charge is 2.24. The zero-order chi connectivity index (χ0) is 32.1. The fourth-order valence-electron chi connectivity index (χ4n) is 4.22. The molecule has 0 bridgehead atoms. The molecule has 1 unspecified atom stereocenters. The third-order valence-electron chi connectivity index (χ3n) is 6.38. The Morgan fingerprint density at radius 1 is 0.778 bits per heavy atom. The van der Waals surface area contributed by atoms with Crippen LogP contribution in [-0.2, 0) is 4.79 Å². The van der Waals surface area contributed by atoms with Crippen molar-refractivity contribution in [3.63, 3.8) is 0 Å². The molecule has 9 nitrogen and oxygen atoms in total. The highest BCUT2D eigenvalue weighted by Crippen LogP contribution is 2.38. The first kappa shape index (κ1) is 31.7. The molecule has 226 valence electrons. The number of rotatable bonds is 10. The lowest BCUT2D eigenvalue weighted by atomic mass is 10.0. The number of carbonyl (C=O) groups excluding carboxylic acids is 2. The normalized spacial score (nSPS) is 11.4. The summed E-state index contributed by atoms with van der Waals surface area (Å²) in [5.74, 6) is -3.80. The molecule has 0 saturated heterocycles. The SMILES string of the molecule is O=C(O)c1ccc(C(=O)Nc2cccc(SC(C(=O)Nc3nc(-c4ccc(Cl)c(Cl)c4)cs3)c3ccccc3)c2)c(C(=O)O)c1. The van der Waals surface area contributed by atoms with Crippen LogP contribution in [0.4, 0.5) is 10.8 Å². The first-order valence-electron chi connectivity index (χ1n) is 13.0. The second kappa shape index (κ2) is 14.0. The van der Waals surface area contributed by atoms with E-state index in [9.17, 15) is 29.4 Å². The number of amides is 2. The number of carboxylic acids is 2. The maximum Gasteiger partial charge on any atom is 0.336 e. The minimum atomic E-state index is -1.44. The summed E-state index contributed by atoms with van der Waals surface area (Å²) >= 11 is 14.7. The van der Waals surface area contributed by atoms with Crippen LogP contribution < -0.4 is 10.6 Å². The summed E-state index contributed by atoms with van der Waals surface area (Å²) in [5, 5.41) is 26.6. The van der Waals surface area contributed by atoms with Crippen LogP contribution in [-0.4, -0.2) is 39.0 Å². The van der Waals surface area contributed by atoms with Crippen LogP contribution >= 0.6 is 46.3 Å². The topological polar surface area (TPSA) is 146 Å². The zero-order valence-electron chi connectivity index (χ0n) is 22.9. The molecule has 4 aromatic carbocycles. The first-order valence-corrected chi connectivity index (χ1v) is 15.6. The van der Waals surface area contributed by atoms with Crippen molar-refractivity contribution < 1.29 is 29.4 Å². The van der Waals surface area contributed by atoms with Crippen LogP contribution in [0.3, 0.4) is 0 Å². The van der Waals surface area contributed by atoms with Gasteiger partial charge in [0, 0.05) is 21.5 Å². The largest absolute Gasteiger partial charge is 0.478 e. The first-order chi connectivity index (χ1) is 21.6. The molecule has 0 aliphatic carbocycles. The summed E-state index contributed by atoms with van der Waals surface area (Å²) in [5.41, 5.74) is 1.57. The average Bonchev–Trinajstić information content (AvgIpc) is 3.49. The Morgan fingerprint density at radius 2 is 1.56 bits per heavy atom. The van der Waals surface area contributed by atoms with Gasteiger partial charge in [0.2, 0.25) is 5.91 Å². The Labute approximate surface area is 274 Å². The van der Waals surface area contributed by atoms with E-state index in [4.69, 9.17) is 23.2 Å². The molecule has 0 fully saturated rings. The lowest BCUT2D eigenvalue weighted by Crippen LogP contribution is -2.19. The Kier molecular flexibility index (Phi) is 9.84. The van der Waals surface area contributed by atoms with E-state index >= 15 is 0 Å². The predicted molar refractivity (Wildman–Crippen MR) is 176 cm³/mol. The fourth-order valence-corrected chi connectivity index (χ4v) is 6.33. The van der Waals surface area contributed by atoms with E-state index in [0.29, 0.717) is 31.5 Å². The number of aromatic nitrogens is 1. The molecule has 45 heavy (non-hydrogen) atoms.